The van der Waals surface area contributed by atoms with Crippen molar-refractivity contribution in [1.82, 2.24) is 0 Å². The molecule has 1 N–H and O–H groups in total. The fourth-order valence-electron chi connectivity index (χ4n) is 3.63. The molecule has 0 bridgehead atoms. The van der Waals surface area contributed by atoms with E-state index in [1.165, 1.54) is 0 Å². The summed E-state index contributed by atoms with van der Waals surface area (Å²) in [6.45, 7) is 5.56. The zero-order chi connectivity index (χ0) is 13.9. The Labute approximate surface area is 112 Å². The lowest BCUT2D eigenvalue weighted by molar-refractivity contribution is -0.182. The normalized spacial score (nSPS) is 38.3. The zero-order valence-corrected chi connectivity index (χ0v) is 11.4. The van der Waals surface area contributed by atoms with Crippen LogP contribution in [-0.2, 0) is 14.3 Å². The number of ketones is 1. The van der Waals surface area contributed by atoms with Gasteiger partial charge in [0.2, 0.25) is 5.79 Å². The topological polar surface area (TPSA) is 63.6 Å². The molecule has 0 aromatic heterocycles. The Morgan fingerprint density at radius 3 is 2.63 bits per heavy atom. The van der Waals surface area contributed by atoms with Crippen molar-refractivity contribution in [2.45, 2.75) is 45.8 Å². The van der Waals surface area contributed by atoms with Crippen LogP contribution in [0.1, 0.15) is 40.0 Å². The minimum atomic E-state index is -1.52. The van der Waals surface area contributed by atoms with Crippen molar-refractivity contribution >= 4 is 11.8 Å². The van der Waals surface area contributed by atoms with E-state index >= 15 is 0 Å². The fourth-order valence-corrected chi connectivity index (χ4v) is 3.63. The highest BCUT2D eigenvalue weighted by atomic mass is 16.7. The van der Waals surface area contributed by atoms with Crippen molar-refractivity contribution in [2.75, 3.05) is 0 Å². The second-order valence-corrected chi connectivity index (χ2v) is 5.96. The van der Waals surface area contributed by atoms with Crippen LogP contribution in [0.25, 0.3) is 0 Å². The summed E-state index contributed by atoms with van der Waals surface area (Å²) in [7, 11) is 0. The summed E-state index contributed by atoms with van der Waals surface area (Å²) in [5.41, 5.74) is 2.56. The SMILES string of the molecule is CC1=C2C3=C(C)C(=O)O[C@]3(O)CC[C@H](C)[C@@H]2CC1=O. The van der Waals surface area contributed by atoms with Gasteiger partial charge >= 0.3 is 5.97 Å². The first-order valence-corrected chi connectivity index (χ1v) is 6.76. The number of ether oxygens (including phenoxy) is 1. The number of Topliss-reactive ketones (excluding diaryl/α,β-unsaturated/α-hetero) is 1. The van der Waals surface area contributed by atoms with Crippen molar-refractivity contribution in [3.05, 3.63) is 22.3 Å². The van der Waals surface area contributed by atoms with Gasteiger partial charge in [-0.25, -0.2) is 4.79 Å². The number of carbonyl (C=O) groups is 2. The smallest absolute Gasteiger partial charge is 0.337 e. The standard InChI is InChI=1S/C15H18O4/c1-7-4-5-15(18)13(9(3)14(17)19-15)12-8(2)11(16)6-10(7)12/h7,10,18H,4-6H2,1-3H3/t7-,10-,15+/m0/s1. The molecule has 0 spiro atoms. The van der Waals surface area contributed by atoms with E-state index in [1.54, 1.807) is 13.8 Å². The van der Waals surface area contributed by atoms with Gasteiger partial charge in [0.1, 0.15) is 0 Å². The van der Waals surface area contributed by atoms with Crippen LogP contribution < -0.4 is 0 Å². The maximum atomic E-state index is 12.0. The molecule has 0 unspecified atom stereocenters. The molecule has 1 aliphatic heterocycles. The first-order chi connectivity index (χ1) is 8.85. The molecule has 0 saturated heterocycles. The molecule has 1 saturated carbocycles. The average Bonchev–Trinajstić information content (AvgIpc) is 2.70. The fraction of sp³-hybridized carbons (Fsp3) is 0.600. The third-order valence-electron chi connectivity index (χ3n) is 4.83. The first-order valence-electron chi connectivity index (χ1n) is 6.76. The van der Waals surface area contributed by atoms with E-state index < -0.39 is 11.8 Å². The molecule has 4 heteroatoms. The molecule has 0 aromatic rings. The third-order valence-corrected chi connectivity index (χ3v) is 4.83. The molecule has 1 fully saturated rings. The van der Waals surface area contributed by atoms with Crippen LogP contribution in [-0.4, -0.2) is 22.6 Å². The Morgan fingerprint density at radius 2 is 1.95 bits per heavy atom. The number of allylic oxidation sites excluding steroid dienone is 1. The second-order valence-electron chi connectivity index (χ2n) is 5.96. The van der Waals surface area contributed by atoms with Gasteiger partial charge in [-0.3, -0.25) is 4.79 Å². The lowest BCUT2D eigenvalue weighted by Crippen LogP contribution is -2.31. The molecule has 3 rings (SSSR count). The Balaban J connectivity index is 2.25. The maximum absolute atomic E-state index is 12.0. The molecular weight excluding hydrogens is 244 g/mol. The van der Waals surface area contributed by atoms with Gasteiger partial charge in [-0.05, 0) is 43.3 Å². The van der Waals surface area contributed by atoms with Crippen LogP contribution in [0.2, 0.25) is 0 Å². The molecular formula is C15H18O4. The minimum Gasteiger partial charge on any atom is -0.425 e. The molecule has 1 heterocycles. The summed E-state index contributed by atoms with van der Waals surface area (Å²) >= 11 is 0. The molecule has 3 atom stereocenters. The highest BCUT2D eigenvalue weighted by Gasteiger charge is 2.52. The van der Waals surface area contributed by atoms with Crippen molar-refractivity contribution in [3.8, 4) is 0 Å². The van der Waals surface area contributed by atoms with E-state index in [4.69, 9.17) is 4.74 Å². The van der Waals surface area contributed by atoms with Gasteiger partial charge in [-0.2, -0.15) is 0 Å². The average molecular weight is 262 g/mol. The number of rotatable bonds is 0. The van der Waals surface area contributed by atoms with Gasteiger partial charge in [-0.15, -0.1) is 0 Å². The highest BCUT2D eigenvalue weighted by Crippen LogP contribution is 2.51. The van der Waals surface area contributed by atoms with Crippen LogP contribution >= 0.6 is 0 Å². The van der Waals surface area contributed by atoms with E-state index in [1.807, 2.05) is 0 Å². The lowest BCUT2D eigenvalue weighted by atomic mass is 9.84. The van der Waals surface area contributed by atoms with Crippen LogP contribution in [0.4, 0.5) is 0 Å². The number of hydrogen-bond acceptors (Lipinski definition) is 4. The van der Waals surface area contributed by atoms with Crippen molar-refractivity contribution < 1.29 is 19.4 Å². The lowest BCUT2D eigenvalue weighted by Gasteiger charge is -2.24. The van der Waals surface area contributed by atoms with Gasteiger partial charge in [-0.1, -0.05) is 6.92 Å². The summed E-state index contributed by atoms with van der Waals surface area (Å²) in [5, 5.41) is 10.7. The number of hydrogen-bond donors (Lipinski definition) is 1. The largest absolute Gasteiger partial charge is 0.425 e. The van der Waals surface area contributed by atoms with Crippen LogP contribution in [0.5, 0.6) is 0 Å². The third kappa shape index (κ3) is 1.56. The second kappa shape index (κ2) is 3.79. The number of esters is 1. The summed E-state index contributed by atoms with van der Waals surface area (Å²) in [6, 6.07) is 0. The minimum absolute atomic E-state index is 0.112. The van der Waals surface area contributed by atoms with Crippen LogP contribution in [0.15, 0.2) is 22.3 Å². The summed E-state index contributed by atoms with van der Waals surface area (Å²) in [5.74, 6) is -1.45. The maximum Gasteiger partial charge on any atom is 0.337 e. The molecule has 3 aliphatic rings. The summed E-state index contributed by atoms with van der Waals surface area (Å²) in [6.07, 6.45) is 1.65. The van der Waals surface area contributed by atoms with Crippen molar-refractivity contribution in [2.24, 2.45) is 11.8 Å². The van der Waals surface area contributed by atoms with Crippen molar-refractivity contribution in [1.29, 1.82) is 0 Å². The van der Waals surface area contributed by atoms with E-state index in [-0.39, 0.29) is 11.7 Å². The predicted octanol–water partition coefficient (Wildman–Crippen LogP) is 1.88. The van der Waals surface area contributed by atoms with E-state index in [2.05, 4.69) is 6.92 Å². The molecule has 0 aromatic carbocycles. The van der Waals surface area contributed by atoms with Gasteiger partial charge in [0.05, 0.1) is 0 Å². The highest BCUT2D eigenvalue weighted by molar-refractivity contribution is 6.02. The monoisotopic (exact) mass is 262 g/mol. The quantitative estimate of drug-likeness (QED) is 0.677. The molecule has 4 nitrogen and oxygen atoms in total. The van der Waals surface area contributed by atoms with Gasteiger partial charge in [0.15, 0.2) is 5.78 Å². The molecule has 19 heavy (non-hydrogen) atoms. The molecule has 102 valence electrons. The zero-order valence-electron chi connectivity index (χ0n) is 11.4. The van der Waals surface area contributed by atoms with Crippen LogP contribution in [0.3, 0.4) is 0 Å². The summed E-state index contributed by atoms with van der Waals surface area (Å²) < 4.78 is 5.18. The molecule has 0 amide bonds. The first kappa shape index (κ1) is 12.6. The van der Waals surface area contributed by atoms with Gasteiger partial charge < -0.3 is 9.84 Å². The number of carbonyl (C=O) groups excluding carboxylic acids is 2. The van der Waals surface area contributed by atoms with E-state index in [0.717, 1.165) is 12.0 Å². The van der Waals surface area contributed by atoms with E-state index in [9.17, 15) is 14.7 Å². The van der Waals surface area contributed by atoms with E-state index in [0.29, 0.717) is 35.5 Å². The van der Waals surface area contributed by atoms with Gasteiger partial charge in [0.25, 0.3) is 0 Å². The molecule has 2 aliphatic carbocycles. The Morgan fingerprint density at radius 1 is 1.26 bits per heavy atom. The number of fused-ring (bicyclic) bond motifs is 3. The summed E-state index contributed by atoms with van der Waals surface area (Å²) in [4.78, 5) is 23.8. The Kier molecular flexibility index (Phi) is 2.52. The van der Waals surface area contributed by atoms with Crippen LogP contribution in [0, 0.1) is 11.8 Å². The predicted molar refractivity (Wildman–Crippen MR) is 68.0 cm³/mol. The van der Waals surface area contributed by atoms with Crippen molar-refractivity contribution in [3.63, 3.8) is 0 Å². The number of aliphatic hydroxyl groups is 1. The Bertz CT molecular complexity index is 554. The Hall–Kier alpha value is -1.42. The van der Waals surface area contributed by atoms with Gasteiger partial charge in [0, 0.05) is 24.0 Å². The molecule has 0 radical (unpaired) electrons.